The van der Waals surface area contributed by atoms with E-state index in [2.05, 4.69) is 5.16 Å². The zero-order valence-electron chi connectivity index (χ0n) is 12.1. The van der Waals surface area contributed by atoms with Gasteiger partial charge < -0.3 is 19.3 Å². The minimum absolute atomic E-state index is 0.184. The molecule has 0 radical (unpaired) electrons. The van der Waals surface area contributed by atoms with Crippen molar-refractivity contribution >= 4 is 5.91 Å². The maximum Gasteiger partial charge on any atom is 0.275 e. The molecule has 0 aromatic carbocycles. The van der Waals surface area contributed by atoms with E-state index in [-0.39, 0.29) is 30.2 Å². The topological polar surface area (TPSA) is 75.8 Å². The van der Waals surface area contributed by atoms with Crippen LogP contribution in [0.1, 0.15) is 37.0 Å². The monoisotopic (exact) mass is 270 g/mol. The fourth-order valence-corrected chi connectivity index (χ4v) is 1.57. The Bertz CT molecular complexity index is 423. The number of hydrogen-bond donors (Lipinski definition) is 1. The van der Waals surface area contributed by atoms with Crippen LogP contribution in [0.3, 0.4) is 0 Å². The second-order valence-corrected chi connectivity index (χ2v) is 5.62. The van der Waals surface area contributed by atoms with Crippen molar-refractivity contribution in [3.63, 3.8) is 0 Å². The molecule has 0 aliphatic heterocycles. The second-order valence-electron chi connectivity index (χ2n) is 5.62. The molecule has 1 aromatic rings. The van der Waals surface area contributed by atoms with Gasteiger partial charge in [-0.2, -0.15) is 0 Å². The number of methoxy groups -OCH3 is 1. The van der Waals surface area contributed by atoms with Crippen LogP contribution < -0.4 is 0 Å². The van der Waals surface area contributed by atoms with Crippen molar-refractivity contribution in [2.24, 2.45) is 0 Å². The average Bonchev–Trinajstić information content (AvgIpc) is 2.76. The highest BCUT2D eigenvalue weighted by Gasteiger charge is 2.24. The lowest BCUT2D eigenvalue weighted by Gasteiger charge is -2.19. The van der Waals surface area contributed by atoms with Crippen molar-refractivity contribution < 1.29 is 19.2 Å². The fraction of sp³-hybridized carbons (Fsp3) is 0.692. The highest BCUT2D eigenvalue weighted by molar-refractivity contribution is 5.92. The molecule has 0 aliphatic carbocycles. The number of likely N-dealkylation sites (N-methyl/N-ethyl adjacent to an activating group) is 1. The fourth-order valence-electron chi connectivity index (χ4n) is 1.57. The van der Waals surface area contributed by atoms with E-state index < -0.39 is 6.10 Å². The van der Waals surface area contributed by atoms with Crippen molar-refractivity contribution in [1.29, 1.82) is 0 Å². The molecule has 6 nitrogen and oxygen atoms in total. The number of ether oxygens (including phenoxy) is 1. The summed E-state index contributed by atoms with van der Waals surface area (Å²) in [6.45, 7) is 6.31. The van der Waals surface area contributed by atoms with Crippen molar-refractivity contribution in [3.05, 3.63) is 17.5 Å². The third-order valence-corrected chi connectivity index (χ3v) is 2.66. The van der Waals surface area contributed by atoms with Crippen molar-refractivity contribution in [2.75, 3.05) is 27.3 Å². The molecule has 0 spiro atoms. The molecule has 0 bridgehead atoms. The number of aliphatic hydroxyl groups is 1. The number of carbonyl (C=O) groups is 1. The first-order valence-corrected chi connectivity index (χ1v) is 6.15. The van der Waals surface area contributed by atoms with E-state index in [0.29, 0.717) is 5.76 Å². The van der Waals surface area contributed by atoms with E-state index in [1.54, 1.807) is 13.1 Å². The third-order valence-electron chi connectivity index (χ3n) is 2.66. The summed E-state index contributed by atoms with van der Waals surface area (Å²) in [7, 11) is 3.10. The molecule has 108 valence electrons. The number of rotatable bonds is 5. The Hall–Kier alpha value is -1.40. The van der Waals surface area contributed by atoms with E-state index in [1.165, 1.54) is 12.0 Å². The SMILES string of the molecule is COCC(O)CN(C)C(=O)c1cc(C(C)(C)C)on1. The van der Waals surface area contributed by atoms with Gasteiger partial charge in [0.2, 0.25) is 0 Å². The molecule has 0 aliphatic rings. The maximum atomic E-state index is 12.1. The summed E-state index contributed by atoms with van der Waals surface area (Å²) >= 11 is 0. The summed E-state index contributed by atoms with van der Waals surface area (Å²) < 4.78 is 9.98. The van der Waals surface area contributed by atoms with Crippen molar-refractivity contribution in [2.45, 2.75) is 32.3 Å². The molecule has 1 aromatic heterocycles. The Morgan fingerprint density at radius 2 is 2.21 bits per heavy atom. The molecular formula is C13H22N2O4. The van der Waals surface area contributed by atoms with E-state index in [4.69, 9.17) is 9.26 Å². The number of carbonyl (C=O) groups excluding carboxylic acids is 1. The summed E-state index contributed by atoms with van der Waals surface area (Å²) in [5.74, 6) is 0.371. The van der Waals surface area contributed by atoms with Crippen LogP contribution in [0.25, 0.3) is 0 Å². The number of nitrogens with zero attached hydrogens (tertiary/aromatic N) is 2. The molecule has 0 saturated heterocycles. The minimum atomic E-state index is -0.715. The molecule has 19 heavy (non-hydrogen) atoms. The lowest BCUT2D eigenvalue weighted by atomic mass is 9.93. The van der Waals surface area contributed by atoms with Gasteiger partial charge in [-0.05, 0) is 0 Å². The smallest absolute Gasteiger partial charge is 0.275 e. The van der Waals surface area contributed by atoms with Gasteiger partial charge in [0, 0.05) is 32.2 Å². The largest absolute Gasteiger partial charge is 0.389 e. The number of amides is 1. The van der Waals surface area contributed by atoms with Gasteiger partial charge in [0.25, 0.3) is 5.91 Å². The Balaban J connectivity index is 2.69. The van der Waals surface area contributed by atoms with Gasteiger partial charge in [-0.15, -0.1) is 0 Å². The van der Waals surface area contributed by atoms with Crippen LogP contribution >= 0.6 is 0 Å². The van der Waals surface area contributed by atoms with Crippen molar-refractivity contribution in [1.82, 2.24) is 10.1 Å². The van der Waals surface area contributed by atoms with Gasteiger partial charge in [-0.3, -0.25) is 4.79 Å². The zero-order valence-corrected chi connectivity index (χ0v) is 12.1. The lowest BCUT2D eigenvalue weighted by Crippen LogP contribution is -2.36. The summed E-state index contributed by atoms with van der Waals surface area (Å²) in [6, 6.07) is 1.64. The van der Waals surface area contributed by atoms with Crippen LogP contribution in [0.4, 0.5) is 0 Å². The summed E-state index contributed by atoms with van der Waals surface area (Å²) in [6.07, 6.45) is -0.715. The molecule has 0 saturated carbocycles. The Labute approximate surface area is 113 Å². The number of hydrogen-bond acceptors (Lipinski definition) is 5. The predicted octanol–water partition coefficient (Wildman–Crippen LogP) is 1.05. The predicted molar refractivity (Wildman–Crippen MR) is 70.0 cm³/mol. The van der Waals surface area contributed by atoms with Gasteiger partial charge in [-0.1, -0.05) is 25.9 Å². The van der Waals surface area contributed by atoms with Crippen molar-refractivity contribution in [3.8, 4) is 0 Å². The third kappa shape index (κ3) is 4.33. The van der Waals surface area contributed by atoms with E-state index in [0.717, 1.165) is 0 Å². The van der Waals surface area contributed by atoms with Crippen LogP contribution in [0, 0.1) is 0 Å². The Morgan fingerprint density at radius 3 is 2.68 bits per heavy atom. The van der Waals surface area contributed by atoms with Crippen LogP contribution in [0.5, 0.6) is 0 Å². The molecule has 1 atom stereocenters. The van der Waals surface area contributed by atoms with Gasteiger partial charge >= 0.3 is 0 Å². The standard InChI is InChI=1S/C13H22N2O4/c1-13(2,3)11-6-10(14-19-11)12(17)15(4)7-9(16)8-18-5/h6,9,16H,7-8H2,1-5H3. The zero-order chi connectivity index (χ0) is 14.6. The molecule has 1 rings (SSSR count). The van der Waals surface area contributed by atoms with Crippen LogP contribution in [-0.4, -0.2) is 54.5 Å². The highest BCUT2D eigenvalue weighted by atomic mass is 16.5. The number of aromatic nitrogens is 1. The Kier molecular flexibility index (Phi) is 5.08. The first kappa shape index (κ1) is 15.7. The average molecular weight is 270 g/mol. The van der Waals surface area contributed by atoms with Gasteiger partial charge in [0.05, 0.1) is 12.7 Å². The maximum absolute atomic E-state index is 12.1. The van der Waals surface area contributed by atoms with Crippen LogP contribution in [0.2, 0.25) is 0 Å². The van der Waals surface area contributed by atoms with E-state index in [1.807, 2.05) is 20.8 Å². The van der Waals surface area contributed by atoms with Gasteiger partial charge in [0.1, 0.15) is 5.76 Å². The molecule has 1 unspecified atom stereocenters. The quantitative estimate of drug-likeness (QED) is 0.865. The number of aliphatic hydroxyl groups excluding tert-OH is 1. The van der Waals surface area contributed by atoms with E-state index >= 15 is 0 Å². The molecule has 0 fully saturated rings. The van der Waals surface area contributed by atoms with E-state index in [9.17, 15) is 9.90 Å². The molecule has 1 N–H and O–H groups in total. The summed E-state index contributed by atoms with van der Waals surface area (Å²) in [5, 5.41) is 13.4. The minimum Gasteiger partial charge on any atom is -0.389 e. The first-order valence-electron chi connectivity index (χ1n) is 6.15. The van der Waals surface area contributed by atoms with Gasteiger partial charge in [0.15, 0.2) is 5.69 Å². The molecular weight excluding hydrogens is 248 g/mol. The lowest BCUT2D eigenvalue weighted by molar-refractivity contribution is 0.0376. The first-order chi connectivity index (χ1) is 8.75. The summed E-state index contributed by atoms with van der Waals surface area (Å²) in [5.41, 5.74) is 0.0525. The molecule has 6 heteroatoms. The normalized spacial score (nSPS) is 13.4. The molecule has 1 amide bonds. The highest BCUT2D eigenvalue weighted by Crippen LogP contribution is 2.22. The molecule has 1 heterocycles. The van der Waals surface area contributed by atoms with Crippen LogP contribution in [-0.2, 0) is 10.2 Å². The van der Waals surface area contributed by atoms with Gasteiger partial charge in [-0.25, -0.2) is 0 Å². The van der Waals surface area contributed by atoms with Crippen LogP contribution in [0.15, 0.2) is 10.6 Å². The second kappa shape index (κ2) is 6.16. The Morgan fingerprint density at radius 1 is 1.58 bits per heavy atom. The summed E-state index contributed by atoms with van der Waals surface area (Å²) in [4.78, 5) is 13.5.